The topological polar surface area (TPSA) is 30.5 Å². The van der Waals surface area contributed by atoms with Gasteiger partial charge in [0.2, 0.25) is 0 Å². The summed E-state index contributed by atoms with van der Waals surface area (Å²) in [6.45, 7) is 5.92. The minimum Gasteiger partial charge on any atom is -0.494 e. The van der Waals surface area contributed by atoms with Crippen molar-refractivity contribution in [1.82, 2.24) is 0 Å². The SMILES string of the molecule is CCOc1ccc(NCc2ccc(OCC)c(Cl)c2)cc1. The fraction of sp³-hybridized carbons (Fsp3) is 0.294. The Labute approximate surface area is 130 Å². The van der Waals surface area contributed by atoms with Gasteiger partial charge in [0.25, 0.3) is 0 Å². The molecule has 0 aliphatic heterocycles. The second kappa shape index (κ2) is 7.79. The van der Waals surface area contributed by atoms with Gasteiger partial charge in [0.05, 0.1) is 18.2 Å². The molecule has 0 heterocycles. The highest BCUT2D eigenvalue weighted by Crippen LogP contribution is 2.26. The summed E-state index contributed by atoms with van der Waals surface area (Å²) in [6.07, 6.45) is 0. The summed E-state index contributed by atoms with van der Waals surface area (Å²) < 4.78 is 10.8. The quantitative estimate of drug-likeness (QED) is 0.800. The Bertz CT molecular complexity index is 570. The number of ether oxygens (including phenoxy) is 2. The fourth-order valence-electron chi connectivity index (χ4n) is 1.97. The molecular weight excluding hydrogens is 286 g/mol. The number of nitrogens with one attached hydrogen (secondary N) is 1. The lowest BCUT2D eigenvalue weighted by molar-refractivity contribution is 0.340. The molecule has 0 saturated heterocycles. The lowest BCUT2D eigenvalue weighted by atomic mass is 10.2. The highest BCUT2D eigenvalue weighted by molar-refractivity contribution is 6.32. The van der Waals surface area contributed by atoms with Crippen LogP contribution >= 0.6 is 11.6 Å². The van der Waals surface area contributed by atoms with Gasteiger partial charge in [-0.1, -0.05) is 17.7 Å². The summed E-state index contributed by atoms with van der Waals surface area (Å²) in [5, 5.41) is 4.00. The summed E-state index contributed by atoms with van der Waals surface area (Å²) in [6, 6.07) is 13.8. The van der Waals surface area contributed by atoms with Gasteiger partial charge in [-0.25, -0.2) is 0 Å². The molecule has 0 radical (unpaired) electrons. The van der Waals surface area contributed by atoms with Gasteiger partial charge in [0, 0.05) is 12.2 Å². The molecule has 4 heteroatoms. The van der Waals surface area contributed by atoms with Crippen LogP contribution in [0, 0.1) is 0 Å². The molecule has 0 aliphatic carbocycles. The Hall–Kier alpha value is -1.87. The Kier molecular flexibility index (Phi) is 5.76. The third kappa shape index (κ3) is 4.57. The van der Waals surface area contributed by atoms with Crippen LogP contribution in [0.1, 0.15) is 19.4 Å². The maximum Gasteiger partial charge on any atom is 0.137 e. The molecule has 2 rings (SSSR count). The van der Waals surface area contributed by atoms with E-state index in [2.05, 4.69) is 5.32 Å². The molecule has 21 heavy (non-hydrogen) atoms. The average Bonchev–Trinajstić information content (AvgIpc) is 2.49. The van der Waals surface area contributed by atoms with Crippen LogP contribution in [0.15, 0.2) is 42.5 Å². The van der Waals surface area contributed by atoms with Gasteiger partial charge >= 0.3 is 0 Å². The first kappa shape index (κ1) is 15.5. The normalized spacial score (nSPS) is 10.2. The minimum atomic E-state index is 0.615. The number of halogens is 1. The van der Waals surface area contributed by atoms with E-state index in [-0.39, 0.29) is 0 Å². The zero-order valence-electron chi connectivity index (χ0n) is 12.4. The highest BCUT2D eigenvalue weighted by atomic mass is 35.5. The van der Waals surface area contributed by atoms with Crippen LogP contribution in [0.3, 0.4) is 0 Å². The van der Waals surface area contributed by atoms with Crippen molar-refractivity contribution in [3.8, 4) is 11.5 Å². The number of anilines is 1. The summed E-state index contributed by atoms with van der Waals surface area (Å²) >= 11 is 6.18. The molecule has 0 spiro atoms. The van der Waals surface area contributed by atoms with Gasteiger partial charge in [0.15, 0.2) is 0 Å². The Morgan fingerprint density at radius 2 is 1.67 bits per heavy atom. The van der Waals surface area contributed by atoms with Gasteiger partial charge in [-0.05, 0) is 55.8 Å². The van der Waals surface area contributed by atoms with Crippen molar-refractivity contribution < 1.29 is 9.47 Å². The zero-order chi connectivity index (χ0) is 15.1. The van der Waals surface area contributed by atoms with Gasteiger partial charge in [0.1, 0.15) is 11.5 Å². The molecule has 0 aliphatic rings. The molecule has 0 saturated carbocycles. The monoisotopic (exact) mass is 305 g/mol. The lowest BCUT2D eigenvalue weighted by Crippen LogP contribution is -2.00. The molecule has 0 unspecified atom stereocenters. The van der Waals surface area contributed by atoms with Crippen molar-refractivity contribution in [2.45, 2.75) is 20.4 Å². The maximum absolute atomic E-state index is 6.18. The van der Waals surface area contributed by atoms with Crippen molar-refractivity contribution in [2.75, 3.05) is 18.5 Å². The second-order valence-electron chi connectivity index (χ2n) is 4.51. The summed E-state index contributed by atoms with van der Waals surface area (Å²) in [4.78, 5) is 0. The number of hydrogen-bond acceptors (Lipinski definition) is 3. The Morgan fingerprint density at radius 3 is 2.29 bits per heavy atom. The average molecular weight is 306 g/mol. The van der Waals surface area contributed by atoms with E-state index in [0.717, 1.165) is 22.7 Å². The van der Waals surface area contributed by atoms with Crippen molar-refractivity contribution in [3.05, 3.63) is 53.1 Å². The van der Waals surface area contributed by atoms with Crippen molar-refractivity contribution in [3.63, 3.8) is 0 Å². The van der Waals surface area contributed by atoms with Crippen LogP contribution in [-0.2, 0) is 6.54 Å². The van der Waals surface area contributed by atoms with Crippen LogP contribution < -0.4 is 14.8 Å². The van der Waals surface area contributed by atoms with Crippen LogP contribution in [0.25, 0.3) is 0 Å². The van der Waals surface area contributed by atoms with Crippen LogP contribution in [-0.4, -0.2) is 13.2 Å². The minimum absolute atomic E-state index is 0.615. The number of benzene rings is 2. The summed E-state index contributed by atoms with van der Waals surface area (Å²) in [7, 11) is 0. The molecule has 0 amide bonds. The highest BCUT2D eigenvalue weighted by Gasteiger charge is 2.02. The second-order valence-corrected chi connectivity index (χ2v) is 4.92. The Morgan fingerprint density at radius 1 is 0.952 bits per heavy atom. The number of rotatable bonds is 7. The molecule has 3 nitrogen and oxygen atoms in total. The fourth-order valence-corrected chi connectivity index (χ4v) is 2.22. The predicted octanol–water partition coefficient (Wildman–Crippen LogP) is 4.75. The molecule has 0 aromatic heterocycles. The van der Waals surface area contributed by atoms with Gasteiger partial charge in [-0.3, -0.25) is 0 Å². The van der Waals surface area contributed by atoms with E-state index in [1.54, 1.807) is 0 Å². The zero-order valence-corrected chi connectivity index (χ0v) is 13.1. The van der Waals surface area contributed by atoms with E-state index in [4.69, 9.17) is 21.1 Å². The first-order chi connectivity index (χ1) is 10.2. The van der Waals surface area contributed by atoms with E-state index in [0.29, 0.717) is 24.8 Å². The van der Waals surface area contributed by atoms with Crippen molar-refractivity contribution in [1.29, 1.82) is 0 Å². The molecule has 0 atom stereocenters. The first-order valence-electron chi connectivity index (χ1n) is 7.11. The van der Waals surface area contributed by atoms with Crippen LogP contribution in [0.4, 0.5) is 5.69 Å². The van der Waals surface area contributed by atoms with E-state index in [1.165, 1.54) is 0 Å². The third-order valence-electron chi connectivity index (χ3n) is 2.96. The first-order valence-corrected chi connectivity index (χ1v) is 7.48. The van der Waals surface area contributed by atoms with E-state index in [1.807, 2.05) is 56.3 Å². The standard InChI is InChI=1S/C17H20ClNO2/c1-3-20-15-8-6-14(7-9-15)19-12-13-5-10-17(21-4-2)16(18)11-13/h5-11,19H,3-4,12H2,1-2H3. The summed E-state index contributed by atoms with van der Waals surface area (Å²) in [5.41, 5.74) is 2.15. The van der Waals surface area contributed by atoms with Gasteiger partial charge < -0.3 is 14.8 Å². The molecule has 0 fully saturated rings. The summed E-state index contributed by atoms with van der Waals surface area (Å²) in [5.74, 6) is 1.61. The lowest BCUT2D eigenvalue weighted by Gasteiger charge is -2.10. The van der Waals surface area contributed by atoms with E-state index in [9.17, 15) is 0 Å². The third-order valence-corrected chi connectivity index (χ3v) is 3.25. The van der Waals surface area contributed by atoms with Crippen molar-refractivity contribution in [2.24, 2.45) is 0 Å². The van der Waals surface area contributed by atoms with Crippen molar-refractivity contribution >= 4 is 17.3 Å². The molecule has 2 aromatic carbocycles. The van der Waals surface area contributed by atoms with Gasteiger partial charge in [-0.2, -0.15) is 0 Å². The predicted molar refractivity (Wildman–Crippen MR) is 87.6 cm³/mol. The Balaban J connectivity index is 1.94. The molecule has 112 valence electrons. The molecule has 1 N–H and O–H groups in total. The molecule has 0 bridgehead atoms. The maximum atomic E-state index is 6.18. The largest absolute Gasteiger partial charge is 0.494 e. The smallest absolute Gasteiger partial charge is 0.137 e. The van der Waals surface area contributed by atoms with E-state index >= 15 is 0 Å². The number of hydrogen-bond donors (Lipinski definition) is 1. The van der Waals surface area contributed by atoms with Gasteiger partial charge in [-0.15, -0.1) is 0 Å². The molecular formula is C17H20ClNO2. The molecule has 2 aromatic rings. The van der Waals surface area contributed by atoms with E-state index < -0.39 is 0 Å². The van der Waals surface area contributed by atoms with Crippen LogP contribution in [0.5, 0.6) is 11.5 Å². The van der Waals surface area contributed by atoms with Crippen LogP contribution in [0.2, 0.25) is 5.02 Å².